The fourth-order valence-corrected chi connectivity index (χ4v) is 5.14. The lowest BCUT2D eigenvalue weighted by molar-refractivity contribution is -0.474. The molecule has 0 spiro atoms. The number of hydrogen-bond acceptors (Lipinski definition) is 6. The van der Waals surface area contributed by atoms with E-state index >= 15 is 17.6 Å². The summed E-state index contributed by atoms with van der Waals surface area (Å²) in [7, 11) is -6.62. The largest absolute Gasteiger partial charge is 0.531 e. The molecule has 0 N–H and O–H groups in total. The van der Waals surface area contributed by atoms with Crippen LogP contribution in [0, 0.1) is 0 Å². The molecule has 0 saturated heterocycles. The molecule has 0 aliphatic heterocycles. The normalized spacial score (nSPS) is 16.3. The molecule has 0 bridgehead atoms. The number of ether oxygens (including phenoxy) is 2. The van der Waals surface area contributed by atoms with Crippen LogP contribution < -0.4 is 4.52 Å². The SMILES string of the molecule is O=P(Oc1ccccc1)(O[C@H](c1ccccc1)C(F)(F)C(F)(F)OC(F)(F)F)O[C@@H](c1ccccc1)C(F)(F)C(F)(F)OC(F)(F)F. The summed E-state index contributed by atoms with van der Waals surface area (Å²) < 4.78 is 227. The van der Waals surface area contributed by atoms with Crippen molar-refractivity contribution < 1.29 is 89.1 Å². The number of halogens is 14. The van der Waals surface area contributed by atoms with Crippen molar-refractivity contribution in [2.45, 2.75) is 49.0 Å². The second-order valence-electron chi connectivity index (χ2n) is 9.02. The van der Waals surface area contributed by atoms with E-state index in [0.717, 1.165) is 60.7 Å². The zero-order valence-corrected chi connectivity index (χ0v) is 23.4. The minimum absolute atomic E-state index is 0.490. The van der Waals surface area contributed by atoms with Gasteiger partial charge in [0.25, 0.3) is 0 Å². The third-order valence-corrected chi connectivity index (χ3v) is 6.93. The van der Waals surface area contributed by atoms with E-state index in [1.807, 2.05) is 0 Å². The van der Waals surface area contributed by atoms with Crippen molar-refractivity contribution in [3.05, 3.63) is 102 Å². The number of benzene rings is 3. The maximum Gasteiger partial charge on any atom is 0.531 e. The minimum Gasteiger partial charge on any atom is -0.404 e. The smallest absolute Gasteiger partial charge is 0.404 e. The van der Waals surface area contributed by atoms with Gasteiger partial charge in [0, 0.05) is 0 Å². The van der Waals surface area contributed by atoms with Crippen LogP contribution in [0.5, 0.6) is 5.75 Å². The van der Waals surface area contributed by atoms with E-state index in [0.29, 0.717) is 24.3 Å². The highest BCUT2D eigenvalue weighted by molar-refractivity contribution is 7.49. The molecular weight excluding hydrogens is 705 g/mol. The van der Waals surface area contributed by atoms with Gasteiger partial charge in [0.2, 0.25) is 0 Å². The van der Waals surface area contributed by atoms with Crippen LogP contribution >= 0.6 is 7.82 Å². The van der Waals surface area contributed by atoms with Gasteiger partial charge in [-0.3, -0.25) is 9.05 Å². The first kappa shape index (κ1) is 38.0. The van der Waals surface area contributed by atoms with Crippen molar-refractivity contribution in [3.8, 4) is 5.75 Å². The summed E-state index contributed by atoms with van der Waals surface area (Å²) in [6, 6.07) is 12.3. The average Bonchev–Trinajstić information content (AvgIpc) is 2.93. The lowest BCUT2D eigenvalue weighted by Gasteiger charge is -2.36. The van der Waals surface area contributed by atoms with E-state index in [2.05, 4.69) is 18.5 Å². The standard InChI is InChI=1S/C26H17F14O6P/c27-21(28,23(31,32)45-25(35,36)37)19(16-10-4-1-5-11-16)43-47(41,42-18-14-8-3-9-15-18)44-20(17-12-6-2-7-13-17)22(29,30)24(33,34)46-26(38,39)40/h1-15,19-20H/t19-,20+,47?. The molecule has 0 aliphatic carbocycles. The Morgan fingerprint density at radius 3 is 1.06 bits per heavy atom. The van der Waals surface area contributed by atoms with Crippen LogP contribution in [0.3, 0.4) is 0 Å². The van der Waals surface area contributed by atoms with Gasteiger partial charge in [-0.25, -0.2) is 14.0 Å². The van der Waals surface area contributed by atoms with Crippen LogP contribution in [-0.4, -0.2) is 36.8 Å². The van der Waals surface area contributed by atoms with Gasteiger partial charge in [0.15, 0.2) is 12.2 Å². The van der Waals surface area contributed by atoms with Gasteiger partial charge in [-0.05, 0) is 23.3 Å². The molecule has 47 heavy (non-hydrogen) atoms. The van der Waals surface area contributed by atoms with E-state index in [9.17, 15) is 48.5 Å². The van der Waals surface area contributed by atoms with Gasteiger partial charge in [0.1, 0.15) is 5.75 Å². The van der Waals surface area contributed by atoms with E-state index in [1.165, 1.54) is 6.07 Å². The molecule has 0 amide bonds. The molecule has 1 unspecified atom stereocenters. The molecule has 0 aromatic heterocycles. The lowest BCUT2D eigenvalue weighted by atomic mass is 10.0. The van der Waals surface area contributed by atoms with Crippen LogP contribution in [0.1, 0.15) is 23.3 Å². The molecule has 3 atom stereocenters. The topological polar surface area (TPSA) is 63.2 Å². The zero-order chi connectivity index (χ0) is 35.5. The predicted octanol–water partition coefficient (Wildman–Crippen LogP) is 10.2. The van der Waals surface area contributed by atoms with Crippen molar-refractivity contribution in [2.75, 3.05) is 0 Å². The number of phosphoric acid groups is 1. The highest BCUT2D eigenvalue weighted by atomic mass is 31.2. The number of para-hydroxylation sites is 1. The summed E-state index contributed by atoms with van der Waals surface area (Å²) in [6.07, 6.45) is -34.0. The van der Waals surface area contributed by atoms with Gasteiger partial charge in [0.05, 0.1) is 0 Å². The monoisotopic (exact) mass is 722 g/mol. The summed E-state index contributed by atoms with van der Waals surface area (Å²) >= 11 is 0. The Morgan fingerprint density at radius 1 is 0.468 bits per heavy atom. The maximum absolute atomic E-state index is 15.3. The molecule has 0 radical (unpaired) electrons. The summed E-state index contributed by atoms with van der Waals surface area (Å²) in [5.41, 5.74) is -2.51. The number of rotatable bonds is 14. The molecule has 0 aliphatic rings. The van der Waals surface area contributed by atoms with Gasteiger partial charge in [-0.1, -0.05) is 78.9 Å². The zero-order valence-electron chi connectivity index (χ0n) is 22.5. The Labute approximate surface area is 254 Å². The number of hydrogen-bond donors (Lipinski definition) is 0. The third kappa shape index (κ3) is 9.56. The molecule has 0 fully saturated rings. The van der Waals surface area contributed by atoms with Crippen molar-refractivity contribution in [2.24, 2.45) is 0 Å². The van der Waals surface area contributed by atoms with Gasteiger partial charge < -0.3 is 4.52 Å². The first-order valence-corrected chi connectivity index (χ1v) is 13.7. The molecule has 6 nitrogen and oxygen atoms in total. The Kier molecular flexibility index (Phi) is 11.0. The fraction of sp³-hybridized carbons (Fsp3) is 0.308. The molecule has 3 aromatic rings. The molecule has 21 heteroatoms. The Bertz CT molecular complexity index is 1400. The van der Waals surface area contributed by atoms with Crippen molar-refractivity contribution in [1.82, 2.24) is 0 Å². The van der Waals surface area contributed by atoms with Crippen LogP contribution in [0.4, 0.5) is 61.5 Å². The number of alkyl halides is 14. The van der Waals surface area contributed by atoms with E-state index < -0.39 is 73.7 Å². The Hall–Kier alpha value is -3.45. The van der Waals surface area contributed by atoms with Crippen LogP contribution in [-0.2, 0) is 23.1 Å². The van der Waals surface area contributed by atoms with Crippen LogP contribution in [0.2, 0.25) is 0 Å². The second kappa shape index (κ2) is 13.6. The summed E-state index contributed by atoms with van der Waals surface area (Å²) in [6.45, 7) is 0. The predicted molar refractivity (Wildman–Crippen MR) is 129 cm³/mol. The second-order valence-corrected chi connectivity index (χ2v) is 10.5. The van der Waals surface area contributed by atoms with E-state index in [-0.39, 0.29) is 0 Å². The van der Waals surface area contributed by atoms with Crippen molar-refractivity contribution >= 4 is 7.82 Å². The molecule has 0 saturated carbocycles. The first-order valence-electron chi connectivity index (χ1n) is 12.3. The maximum atomic E-state index is 15.3. The highest BCUT2D eigenvalue weighted by Crippen LogP contribution is 2.63. The average molecular weight is 722 g/mol. The number of phosphoric ester groups is 1. The first-order chi connectivity index (χ1) is 21.4. The fourth-order valence-electron chi connectivity index (χ4n) is 3.60. The third-order valence-electron chi connectivity index (χ3n) is 5.56. The molecule has 260 valence electrons. The van der Waals surface area contributed by atoms with Crippen LogP contribution in [0.25, 0.3) is 0 Å². The lowest BCUT2D eigenvalue weighted by Crippen LogP contribution is -2.51. The molecule has 3 aromatic carbocycles. The summed E-state index contributed by atoms with van der Waals surface area (Å²) in [5.74, 6) is -13.4. The highest BCUT2D eigenvalue weighted by Gasteiger charge is 2.71. The minimum atomic E-state index is -6.62. The quantitative estimate of drug-likeness (QED) is 0.122. The molecule has 0 heterocycles. The Balaban J connectivity index is 2.25. The van der Waals surface area contributed by atoms with Crippen LogP contribution in [0.15, 0.2) is 91.0 Å². The molecule has 3 rings (SSSR count). The van der Waals surface area contributed by atoms with Crippen molar-refractivity contribution in [3.63, 3.8) is 0 Å². The molecular formula is C26H17F14O6P. The van der Waals surface area contributed by atoms with Gasteiger partial charge in [-0.15, -0.1) is 26.3 Å². The van der Waals surface area contributed by atoms with Gasteiger partial charge in [-0.2, -0.15) is 35.1 Å². The van der Waals surface area contributed by atoms with E-state index in [1.54, 1.807) is 0 Å². The Morgan fingerprint density at radius 2 is 0.766 bits per heavy atom. The van der Waals surface area contributed by atoms with E-state index in [4.69, 9.17) is 4.52 Å². The van der Waals surface area contributed by atoms with Crippen molar-refractivity contribution in [1.29, 1.82) is 0 Å². The summed E-state index contributed by atoms with van der Waals surface area (Å²) in [4.78, 5) is 0. The summed E-state index contributed by atoms with van der Waals surface area (Å²) in [5, 5.41) is 0. The van der Waals surface area contributed by atoms with Gasteiger partial charge >= 0.3 is 44.6 Å².